The van der Waals surface area contributed by atoms with Gasteiger partial charge < -0.3 is 10.6 Å². The van der Waals surface area contributed by atoms with Crippen LogP contribution in [0.4, 0.5) is 10.1 Å². The fourth-order valence-corrected chi connectivity index (χ4v) is 1.29. The third-order valence-electron chi connectivity index (χ3n) is 2.07. The largest absolute Gasteiger partial charge is 0.355 e. The van der Waals surface area contributed by atoms with Crippen molar-refractivity contribution in [3.05, 3.63) is 30.1 Å². The average molecular weight is 253 g/mol. The highest BCUT2D eigenvalue weighted by Crippen LogP contribution is 2.07. The molecule has 0 unspecified atom stereocenters. The van der Waals surface area contributed by atoms with Gasteiger partial charge in [0.25, 0.3) is 0 Å². The van der Waals surface area contributed by atoms with Crippen LogP contribution in [0.5, 0.6) is 0 Å². The van der Waals surface area contributed by atoms with Crippen LogP contribution in [0.2, 0.25) is 0 Å². The molecule has 2 amide bonds. The van der Waals surface area contributed by atoms with Crippen molar-refractivity contribution >= 4 is 17.5 Å². The molecule has 0 saturated carbocycles. The summed E-state index contributed by atoms with van der Waals surface area (Å²) in [6, 6.07) is 5.46. The summed E-state index contributed by atoms with van der Waals surface area (Å²) >= 11 is 0. The van der Waals surface area contributed by atoms with Gasteiger partial charge in [-0.25, -0.2) is 4.39 Å². The van der Waals surface area contributed by atoms with Gasteiger partial charge in [0.05, 0.1) is 13.1 Å². The molecule has 6 heteroatoms. The predicted molar refractivity (Wildman–Crippen MR) is 66.6 cm³/mol. The van der Waals surface area contributed by atoms with Crippen molar-refractivity contribution in [3.8, 4) is 0 Å². The van der Waals surface area contributed by atoms with Gasteiger partial charge in [0.2, 0.25) is 11.8 Å². The number of carbonyl (C=O) groups is 2. The highest BCUT2D eigenvalue weighted by atomic mass is 19.1. The Morgan fingerprint density at radius 2 is 1.72 bits per heavy atom. The van der Waals surface area contributed by atoms with E-state index >= 15 is 0 Å². The van der Waals surface area contributed by atoms with E-state index in [1.165, 1.54) is 24.3 Å². The van der Waals surface area contributed by atoms with Crippen LogP contribution in [0, 0.1) is 5.82 Å². The summed E-state index contributed by atoms with van der Waals surface area (Å²) in [6.07, 6.45) is 0. The Kier molecular flexibility index (Phi) is 5.79. The fourth-order valence-electron chi connectivity index (χ4n) is 1.29. The Balaban J connectivity index is 2.25. The third kappa shape index (κ3) is 5.40. The SMILES string of the molecule is CCNC(=O)CNCC(=O)Nc1ccc(F)cc1. The van der Waals surface area contributed by atoms with Gasteiger partial charge in [-0.1, -0.05) is 0 Å². The van der Waals surface area contributed by atoms with Gasteiger partial charge in [0.1, 0.15) is 5.82 Å². The van der Waals surface area contributed by atoms with E-state index in [2.05, 4.69) is 16.0 Å². The lowest BCUT2D eigenvalue weighted by atomic mass is 10.3. The number of nitrogens with one attached hydrogen (secondary N) is 3. The molecule has 1 aromatic carbocycles. The van der Waals surface area contributed by atoms with Crippen LogP contribution >= 0.6 is 0 Å². The average Bonchev–Trinajstić information content (AvgIpc) is 2.32. The predicted octanol–water partition coefficient (Wildman–Crippen LogP) is 0.490. The smallest absolute Gasteiger partial charge is 0.238 e. The molecule has 0 aromatic heterocycles. The second-order valence-corrected chi connectivity index (χ2v) is 3.61. The summed E-state index contributed by atoms with van der Waals surface area (Å²) in [5.74, 6) is -0.805. The lowest BCUT2D eigenvalue weighted by Crippen LogP contribution is -2.37. The van der Waals surface area contributed by atoms with Crippen molar-refractivity contribution in [1.29, 1.82) is 0 Å². The lowest BCUT2D eigenvalue weighted by Gasteiger charge is -2.06. The first-order valence-corrected chi connectivity index (χ1v) is 5.64. The van der Waals surface area contributed by atoms with Crippen LogP contribution in [-0.2, 0) is 9.59 Å². The van der Waals surface area contributed by atoms with Gasteiger partial charge >= 0.3 is 0 Å². The highest BCUT2D eigenvalue weighted by Gasteiger charge is 2.04. The number of amides is 2. The molecule has 0 spiro atoms. The number of hydrogen-bond acceptors (Lipinski definition) is 3. The molecule has 5 nitrogen and oxygen atoms in total. The van der Waals surface area contributed by atoms with Crippen molar-refractivity contribution in [3.63, 3.8) is 0 Å². The Bertz CT molecular complexity index is 406. The van der Waals surface area contributed by atoms with E-state index in [0.717, 1.165) is 0 Å². The van der Waals surface area contributed by atoms with Crippen molar-refractivity contribution < 1.29 is 14.0 Å². The van der Waals surface area contributed by atoms with E-state index in [-0.39, 0.29) is 30.7 Å². The molecule has 0 saturated heterocycles. The molecule has 1 rings (SSSR count). The van der Waals surface area contributed by atoms with E-state index in [4.69, 9.17) is 0 Å². The number of anilines is 1. The zero-order valence-corrected chi connectivity index (χ0v) is 10.1. The maximum Gasteiger partial charge on any atom is 0.238 e. The number of carbonyl (C=O) groups excluding carboxylic acids is 2. The molecule has 0 heterocycles. The van der Waals surface area contributed by atoms with Gasteiger partial charge in [-0.3, -0.25) is 14.9 Å². The number of hydrogen-bond donors (Lipinski definition) is 3. The highest BCUT2D eigenvalue weighted by molar-refractivity contribution is 5.92. The molecule has 0 aliphatic carbocycles. The van der Waals surface area contributed by atoms with Crippen molar-refractivity contribution in [2.45, 2.75) is 6.92 Å². The van der Waals surface area contributed by atoms with Gasteiger partial charge in [-0.2, -0.15) is 0 Å². The van der Waals surface area contributed by atoms with E-state index in [1.54, 1.807) is 0 Å². The van der Waals surface area contributed by atoms with E-state index in [1.807, 2.05) is 6.92 Å². The monoisotopic (exact) mass is 253 g/mol. The Hall–Kier alpha value is -1.95. The van der Waals surface area contributed by atoms with E-state index < -0.39 is 0 Å². The standard InChI is InChI=1S/C12H16FN3O2/c1-2-15-11(17)7-14-8-12(18)16-10-5-3-9(13)4-6-10/h3-6,14H,2,7-8H2,1H3,(H,15,17)(H,16,18). The first kappa shape index (κ1) is 14.1. The summed E-state index contributed by atoms with van der Waals surface area (Å²) in [5.41, 5.74) is 0.515. The molecule has 0 radical (unpaired) electrons. The Morgan fingerprint density at radius 1 is 1.11 bits per heavy atom. The molecule has 1 aromatic rings. The first-order valence-electron chi connectivity index (χ1n) is 5.64. The molecule has 0 atom stereocenters. The van der Waals surface area contributed by atoms with E-state index in [9.17, 15) is 14.0 Å². The number of halogens is 1. The number of likely N-dealkylation sites (N-methyl/N-ethyl adjacent to an activating group) is 1. The van der Waals surface area contributed by atoms with Crippen LogP contribution in [-0.4, -0.2) is 31.4 Å². The van der Waals surface area contributed by atoms with Crippen LogP contribution in [0.3, 0.4) is 0 Å². The second-order valence-electron chi connectivity index (χ2n) is 3.61. The minimum atomic E-state index is -0.359. The zero-order chi connectivity index (χ0) is 13.4. The Labute approximate surface area is 105 Å². The molecular weight excluding hydrogens is 237 g/mol. The first-order chi connectivity index (χ1) is 8.61. The van der Waals surface area contributed by atoms with Crippen LogP contribution < -0.4 is 16.0 Å². The molecule has 0 aliphatic heterocycles. The summed E-state index contributed by atoms with van der Waals surface area (Å²) in [7, 11) is 0. The Morgan fingerprint density at radius 3 is 2.33 bits per heavy atom. The molecule has 0 fully saturated rings. The fraction of sp³-hybridized carbons (Fsp3) is 0.333. The van der Waals surface area contributed by atoms with Crippen molar-refractivity contribution in [2.24, 2.45) is 0 Å². The van der Waals surface area contributed by atoms with Crippen molar-refractivity contribution in [2.75, 3.05) is 25.0 Å². The molecule has 3 N–H and O–H groups in total. The van der Waals surface area contributed by atoms with Crippen LogP contribution in [0.25, 0.3) is 0 Å². The molecule has 18 heavy (non-hydrogen) atoms. The minimum Gasteiger partial charge on any atom is -0.355 e. The summed E-state index contributed by atoms with van der Waals surface area (Å²) < 4.78 is 12.6. The van der Waals surface area contributed by atoms with Crippen LogP contribution in [0.15, 0.2) is 24.3 Å². The molecule has 0 bridgehead atoms. The third-order valence-corrected chi connectivity index (χ3v) is 2.07. The molecule has 0 aliphatic rings. The normalized spacial score (nSPS) is 9.89. The maximum atomic E-state index is 12.6. The van der Waals surface area contributed by atoms with Gasteiger partial charge in [-0.15, -0.1) is 0 Å². The summed E-state index contributed by atoms with van der Waals surface area (Å²) in [5, 5.41) is 7.88. The second kappa shape index (κ2) is 7.39. The number of rotatable bonds is 6. The van der Waals surface area contributed by atoms with E-state index in [0.29, 0.717) is 12.2 Å². The number of benzene rings is 1. The van der Waals surface area contributed by atoms with Gasteiger partial charge in [0.15, 0.2) is 0 Å². The lowest BCUT2D eigenvalue weighted by molar-refractivity contribution is -0.120. The molecular formula is C12H16FN3O2. The van der Waals surface area contributed by atoms with Crippen molar-refractivity contribution in [1.82, 2.24) is 10.6 Å². The minimum absolute atomic E-state index is 0.0223. The summed E-state index contributed by atoms with van der Waals surface area (Å²) in [6.45, 7) is 2.49. The van der Waals surface area contributed by atoms with Crippen LogP contribution in [0.1, 0.15) is 6.92 Å². The summed E-state index contributed by atoms with van der Waals surface area (Å²) in [4.78, 5) is 22.5. The quantitative estimate of drug-likeness (QED) is 0.691. The zero-order valence-electron chi connectivity index (χ0n) is 10.1. The van der Waals surface area contributed by atoms with Gasteiger partial charge in [0, 0.05) is 12.2 Å². The molecule has 98 valence electrons. The maximum absolute atomic E-state index is 12.6. The van der Waals surface area contributed by atoms with Gasteiger partial charge in [-0.05, 0) is 31.2 Å². The topological polar surface area (TPSA) is 70.2 Å².